The molecule has 3 atom stereocenters. The van der Waals surface area contributed by atoms with Crippen LogP contribution in [-0.2, 0) is 22.4 Å². The van der Waals surface area contributed by atoms with Crippen molar-refractivity contribution in [3.05, 3.63) is 116 Å². The number of carbonyl (C=O) groups is 3. The minimum absolute atomic E-state index is 0.0185. The number of amides is 1. The van der Waals surface area contributed by atoms with Crippen molar-refractivity contribution in [3.8, 4) is 35.2 Å². The van der Waals surface area contributed by atoms with Gasteiger partial charge in [-0.3, -0.25) is 14.4 Å². The van der Waals surface area contributed by atoms with E-state index in [-0.39, 0.29) is 36.0 Å². The van der Waals surface area contributed by atoms with Crippen molar-refractivity contribution < 1.29 is 39.5 Å². The van der Waals surface area contributed by atoms with Gasteiger partial charge < -0.3 is 30.9 Å². The first-order valence-electron chi connectivity index (χ1n) is 15.6. The smallest absolute Gasteiger partial charge is 0.255 e. The molecule has 0 spiro atoms. The van der Waals surface area contributed by atoms with Crippen LogP contribution < -0.4 is 10.5 Å². The lowest BCUT2D eigenvalue weighted by Crippen LogP contribution is -2.57. The average molecular weight is 644 g/mol. The Kier molecular flexibility index (Phi) is 8.34. The molecule has 0 bridgehead atoms. The number of rotatable bonds is 4. The van der Waals surface area contributed by atoms with Gasteiger partial charge in [0.25, 0.3) is 5.91 Å². The van der Waals surface area contributed by atoms with Gasteiger partial charge in [-0.15, -0.1) is 0 Å². The Labute approximate surface area is 277 Å². The molecule has 0 radical (unpaired) electrons. The summed E-state index contributed by atoms with van der Waals surface area (Å²) in [6.45, 7) is 2.10. The number of ketones is 2. The number of aryl methyl sites for hydroxylation is 1. The molecule has 3 aliphatic rings. The highest BCUT2D eigenvalue weighted by atomic mass is 16.5. The third-order valence-electron chi connectivity index (χ3n) is 9.33. The maximum atomic E-state index is 14.2. The normalized spacial score (nSPS) is 21.2. The summed E-state index contributed by atoms with van der Waals surface area (Å²) in [6, 6.07) is 16.5. The number of methoxy groups -OCH3 is 1. The maximum absolute atomic E-state index is 14.2. The number of fused-ring (bicyclic) bond motifs is 3. The van der Waals surface area contributed by atoms with Gasteiger partial charge in [-0.25, -0.2) is 0 Å². The van der Waals surface area contributed by atoms with Crippen LogP contribution in [-0.4, -0.2) is 50.6 Å². The Hall–Kier alpha value is -5.77. The van der Waals surface area contributed by atoms with Crippen LogP contribution >= 0.6 is 0 Å². The van der Waals surface area contributed by atoms with Gasteiger partial charge in [0.1, 0.15) is 28.6 Å². The molecule has 0 aliphatic heterocycles. The van der Waals surface area contributed by atoms with Crippen molar-refractivity contribution in [2.45, 2.75) is 44.6 Å². The van der Waals surface area contributed by atoms with Crippen LogP contribution in [0.1, 0.15) is 69.9 Å². The highest BCUT2D eigenvalue weighted by molar-refractivity contribution is 6.24. The number of aromatic hydroxyl groups is 1. The van der Waals surface area contributed by atoms with Crippen LogP contribution in [0.3, 0.4) is 0 Å². The van der Waals surface area contributed by atoms with Gasteiger partial charge in [0.05, 0.1) is 18.2 Å². The minimum Gasteiger partial charge on any atom is -0.511 e. The summed E-state index contributed by atoms with van der Waals surface area (Å²) in [7, 11) is 1.56. The molecule has 9 nitrogen and oxygen atoms in total. The molecule has 9 heteroatoms. The average Bonchev–Trinajstić information content (AvgIpc) is 3.06. The highest BCUT2D eigenvalue weighted by Crippen LogP contribution is 2.52. The standard InChI is InChI=1S/C39H33NO8/c1-3-4-21-5-7-22(8-6-21)10-14-25-17-24(13-9-23-11-15-28(48-2)16-12-23)29-19-26-18-27-20-30(41)33(38(40)46)37(45)39(27,47)36(44)31(26)35(43)32(29)34(25)42/h5-8,11-12,15-17,26-27,41-42,44,47H,3-4,18-20H2,1-2H3,(H2,40,46)/t26-,27+,39+/m1/s1. The van der Waals surface area contributed by atoms with Gasteiger partial charge in [-0.05, 0) is 78.8 Å². The summed E-state index contributed by atoms with van der Waals surface area (Å²) in [5, 5.41) is 45.0. The highest BCUT2D eigenvalue weighted by Gasteiger charge is 2.59. The van der Waals surface area contributed by atoms with Crippen LogP contribution in [0.15, 0.2) is 77.3 Å². The van der Waals surface area contributed by atoms with Gasteiger partial charge in [0.2, 0.25) is 5.78 Å². The van der Waals surface area contributed by atoms with Crippen molar-refractivity contribution in [1.29, 1.82) is 0 Å². The number of aliphatic hydroxyl groups is 3. The summed E-state index contributed by atoms with van der Waals surface area (Å²) in [5.74, 6) is 5.94. The van der Waals surface area contributed by atoms with Crippen LogP contribution in [0.2, 0.25) is 0 Å². The van der Waals surface area contributed by atoms with Crippen LogP contribution in [0.25, 0.3) is 0 Å². The first-order chi connectivity index (χ1) is 23.0. The van der Waals surface area contributed by atoms with E-state index >= 15 is 0 Å². The lowest BCUT2D eigenvalue weighted by molar-refractivity contribution is -0.144. The molecule has 48 heavy (non-hydrogen) atoms. The van der Waals surface area contributed by atoms with Crippen molar-refractivity contribution in [3.63, 3.8) is 0 Å². The number of carbonyl (C=O) groups excluding carboxylic acids is 3. The number of hydrogen-bond acceptors (Lipinski definition) is 8. The van der Waals surface area contributed by atoms with Crippen molar-refractivity contribution in [2.75, 3.05) is 7.11 Å². The van der Waals surface area contributed by atoms with Crippen LogP contribution in [0.4, 0.5) is 0 Å². The lowest BCUT2D eigenvalue weighted by Gasteiger charge is -2.45. The summed E-state index contributed by atoms with van der Waals surface area (Å²) < 4.78 is 5.23. The van der Waals surface area contributed by atoms with Crippen molar-refractivity contribution >= 4 is 17.5 Å². The number of phenolic OH excluding ortho intramolecular Hbond substituents is 1. The first kappa shape index (κ1) is 32.2. The van der Waals surface area contributed by atoms with Gasteiger partial charge in [-0.1, -0.05) is 49.2 Å². The minimum atomic E-state index is -2.65. The Bertz CT molecular complexity index is 2070. The third kappa shape index (κ3) is 5.38. The predicted molar refractivity (Wildman–Crippen MR) is 176 cm³/mol. The number of hydrogen-bond donors (Lipinski definition) is 5. The number of primary amides is 1. The fourth-order valence-corrected chi connectivity index (χ4v) is 6.89. The Morgan fingerprint density at radius 3 is 2.17 bits per heavy atom. The summed E-state index contributed by atoms with van der Waals surface area (Å²) in [5.41, 5.74) is 4.99. The maximum Gasteiger partial charge on any atom is 0.255 e. The number of Topliss-reactive ketones (excluding diaryl/α,β-unsaturated/α-hetero) is 2. The van der Waals surface area contributed by atoms with E-state index in [1.807, 2.05) is 24.3 Å². The van der Waals surface area contributed by atoms with E-state index in [1.54, 1.807) is 37.4 Å². The molecule has 0 saturated carbocycles. The van der Waals surface area contributed by atoms with E-state index in [9.17, 15) is 34.8 Å². The number of allylic oxidation sites excluding steroid dienone is 2. The zero-order valence-corrected chi connectivity index (χ0v) is 26.4. The zero-order chi connectivity index (χ0) is 34.3. The van der Waals surface area contributed by atoms with Crippen LogP contribution in [0, 0.1) is 35.5 Å². The Balaban J connectivity index is 1.49. The molecule has 3 aromatic rings. The third-order valence-corrected chi connectivity index (χ3v) is 9.33. The van der Waals surface area contributed by atoms with E-state index in [2.05, 4.69) is 30.6 Å². The van der Waals surface area contributed by atoms with Crippen molar-refractivity contribution in [2.24, 2.45) is 17.6 Å². The van der Waals surface area contributed by atoms with Gasteiger partial charge in [0.15, 0.2) is 11.4 Å². The Morgan fingerprint density at radius 2 is 1.56 bits per heavy atom. The molecule has 0 aromatic heterocycles. The Morgan fingerprint density at radius 1 is 0.938 bits per heavy atom. The van der Waals surface area contributed by atoms with Crippen LogP contribution in [0.5, 0.6) is 11.5 Å². The molecule has 0 fully saturated rings. The molecular weight excluding hydrogens is 610 g/mol. The molecule has 3 aromatic carbocycles. The summed E-state index contributed by atoms with van der Waals surface area (Å²) in [6.07, 6.45) is 1.78. The van der Waals surface area contributed by atoms with Crippen molar-refractivity contribution in [1.82, 2.24) is 0 Å². The lowest BCUT2D eigenvalue weighted by atomic mass is 9.60. The first-order valence-corrected chi connectivity index (χ1v) is 15.6. The molecule has 0 saturated heterocycles. The SMILES string of the molecule is CCCc1ccc(C#Cc2cc(C#Cc3ccc(OC)cc3)c3c(c2O)C(=O)C2=C(O)[C@]4(O)C(=O)C(C(N)=O)=C(O)C[C@@H]4C[C@@H]2C3)cc1. The molecular formula is C39H33NO8. The largest absolute Gasteiger partial charge is 0.511 e. The number of aliphatic hydroxyl groups excluding tert-OH is 2. The summed E-state index contributed by atoms with van der Waals surface area (Å²) in [4.78, 5) is 39.5. The monoisotopic (exact) mass is 643 g/mol. The van der Waals surface area contributed by atoms with E-state index in [1.165, 1.54) is 5.56 Å². The van der Waals surface area contributed by atoms with E-state index in [0.717, 1.165) is 12.8 Å². The fourth-order valence-electron chi connectivity index (χ4n) is 6.89. The molecule has 242 valence electrons. The number of ether oxygens (including phenoxy) is 1. The summed E-state index contributed by atoms with van der Waals surface area (Å²) >= 11 is 0. The molecule has 0 heterocycles. The second-order valence-electron chi connectivity index (χ2n) is 12.3. The second kappa shape index (κ2) is 12.4. The zero-order valence-electron chi connectivity index (χ0n) is 26.4. The number of phenols is 1. The van der Waals surface area contributed by atoms with E-state index < -0.39 is 57.8 Å². The number of benzene rings is 3. The molecule has 6 N–H and O–H groups in total. The molecule has 6 rings (SSSR count). The second-order valence-corrected chi connectivity index (χ2v) is 12.3. The van der Waals surface area contributed by atoms with Gasteiger partial charge in [-0.2, -0.15) is 0 Å². The molecule has 0 unspecified atom stereocenters. The topological polar surface area (TPSA) is 167 Å². The number of nitrogens with two attached hydrogens (primary N) is 1. The van der Waals surface area contributed by atoms with E-state index in [4.69, 9.17) is 10.5 Å². The van der Waals surface area contributed by atoms with E-state index in [0.29, 0.717) is 28.0 Å². The predicted octanol–water partition coefficient (Wildman–Crippen LogP) is 4.34. The quantitative estimate of drug-likeness (QED) is 0.207. The van der Waals surface area contributed by atoms with Gasteiger partial charge >= 0.3 is 0 Å². The molecule has 1 amide bonds. The molecule has 3 aliphatic carbocycles. The fraction of sp³-hybridized carbons (Fsp3) is 0.256. The van der Waals surface area contributed by atoms with Gasteiger partial charge in [0, 0.05) is 34.6 Å².